The smallest absolute Gasteiger partial charge is 0.318 e. The summed E-state index contributed by atoms with van der Waals surface area (Å²) in [6.45, 7) is 0. The SMILES string of the molecule is O=C(F)C(F)OC(C(F)(F)F)C(F)(F)F. The number of rotatable bonds is 3. The minimum absolute atomic E-state index is 2.60. The summed E-state index contributed by atoms with van der Waals surface area (Å²) in [6, 6.07) is -3.08. The molecular weight excluding hydrogens is 244 g/mol. The van der Waals surface area contributed by atoms with Gasteiger partial charge in [-0.25, -0.2) is 4.39 Å². The number of hydrogen-bond donors (Lipinski definition) is 0. The van der Waals surface area contributed by atoms with Gasteiger partial charge in [0, 0.05) is 0 Å². The highest BCUT2D eigenvalue weighted by molar-refractivity contribution is 5.71. The van der Waals surface area contributed by atoms with Gasteiger partial charge in [-0.15, -0.1) is 0 Å². The summed E-state index contributed by atoms with van der Waals surface area (Å²) in [7, 11) is 0. The maximum atomic E-state index is 11.9. The molecule has 0 rings (SSSR count). The first kappa shape index (κ1) is 14.1. The quantitative estimate of drug-likeness (QED) is 0.564. The molecule has 10 heteroatoms. The average molecular weight is 246 g/mol. The summed E-state index contributed by atoms with van der Waals surface area (Å²) < 4.78 is 95.4. The van der Waals surface area contributed by atoms with E-state index in [-0.39, 0.29) is 0 Å². The predicted octanol–water partition coefficient (Wildman–Crippen LogP) is 2.29. The van der Waals surface area contributed by atoms with Crippen molar-refractivity contribution in [2.75, 3.05) is 0 Å². The number of hydrogen-bond acceptors (Lipinski definition) is 2. The number of alkyl halides is 7. The Morgan fingerprint density at radius 1 is 1.00 bits per heavy atom. The number of ether oxygens (including phenoxy) is 1. The zero-order valence-electron chi connectivity index (χ0n) is 6.49. The lowest BCUT2D eigenvalue weighted by Crippen LogP contribution is -2.46. The van der Waals surface area contributed by atoms with Crippen LogP contribution >= 0.6 is 0 Å². The third kappa shape index (κ3) is 4.40. The first-order valence-electron chi connectivity index (χ1n) is 3.08. The summed E-state index contributed by atoms with van der Waals surface area (Å²) in [5.74, 6) is 0. The van der Waals surface area contributed by atoms with Crippen LogP contribution in [0, 0.1) is 0 Å². The molecule has 0 heterocycles. The second-order valence-corrected chi connectivity index (χ2v) is 2.22. The van der Waals surface area contributed by atoms with Gasteiger partial charge in [0.15, 0.2) is 0 Å². The molecule has 0 saturated carbocycles. The van der Waals surface area contributed by atoms with Gasteiger partial charge in [-0.1, -0.05) is 0 Å². The molecule has 0 N–H and O–H groups in total. The minimum Gasteiger partial charge on any atom is -0.318 e. The third-order valence-corrected chi connectivity index (χ3v) is 1.03. The molecule has 0 saturated heterocycles. The van der Waals surface area contributed by atoms with Gasteiger partial charge in [-0.05, 0) is 0 Å². The molecule has 0 aromatic carbocycles. The van der Waals surface area contributed by atoms with Gasteiger partial charge < -0.3 is 4.74 Å². The average Bonchev–Trinajstić information content (AvgIpc) is 1.94. The largest absolute Gasteiger partial charge is 0.423 e. The van der Waals surface area contributed by atoms with E-state index in [2.05, 4.69) is 4.74 Å². The Morgan fingerprint density at radius 3 is 1.53 bits per heavy atom. The molecule has 0 spiro atoms. The molecule has 0 aliphatic heterocycles. The zero-order chi connectivity index (χ0) is 12.4. The first-order valence-corrected chi connectivity index (χ1v) is 3.08. The maximum absolute atomic E-state index is 11.9. The normalized spacial score (nSPS) is 15.5. The molecule has 1 unspecified atom stereocenters. The Balaban J connectivity index is 4.77. The van der Waals surface area contributed by atoms with Crippen molar-refractivity contribution >= 4 is 6.04 Å². The van der Waals surface area contributed by atoms with E-state index in [0.29, 0.717) is 0 Å². The molecule has 0 radical (unpaired) electrons. The van der Waals surface area contributed by atoms with Gasteiger partial charge in [-0.3, -0.25) is 4.79 Å². The van der Waals surface area contributed by atoms with Gasteiger partial charge in [0.05, 0.1) is 0 Å². The lowest BCUT2D eigenvalue weighted by molar-refractivity contribution is -0.337. The van der Waals surface area contributed by atoms with E-state index in [1.54, 1.807) is 0 Å². The van der Waals surface area contributed by atoms with Crippen molar-refractivity contribution in [2.45, 2.75) is 24.8 Å². The summed E-state index contributed by atoms with van der Waals surface area (Å²) >= 11 is 0. The van der Waals surface area contributed by atoms with E-state index in [1.165, 1.54) is 0 Å². The van der Waals surface area contributed by atoms with E-state index >= 15 is 0 Å². The van der Waals surface area contributed by atoms with Crippen LogP contribution in [0.25, 0.3) is 0 Å². The van der Waals surface area contributed by atoms with Crippen molar-refractivity contribution in [3.05, 3.63) is 0 Å². The van der Waals surface area contributed by atoms with Gasteiger partial charge in [0.1, 0.15) is 0 Å². The van der Waals surface area contributed by atoms with Crippen LogP contribution < -0.4 is 0 Å². The van der Waals surface area contributed by atoms with Crippen LogP contribution in [0.5, 0.6) is 0 Å². The monoisotopic (exact) mass is 246 g/mol. The predicted molar refractivity (Wildman–Crippen MR) is 28.0 cm³/mol. The van der Waals surface area contributed by atoms with Gasteiger partial charge in [-0.2, -0.15) is 30.7 Å². The molecule has 0 amide bonds. The maximum Gasteiger partial charge on any atom is 0.423 e. The van der Waals surface area contributed by atoms with Gasteiger partial charge >= 0.3 is 18.4 Å². The van der Waals surface area contributed by atoms with Crippen molar-refractivity contribution in [3.8, 4) is 0 Å². The van der Waals surface area contributed by atoms with E-state index < -0.39 is 30.9 Å². The fraction of sp³-hybridized carbons (Fsp3) is 0.800. The Bertz CT molecular complexity index is 216. The van der Waals surface area contributed by atoms with E-state index in [9.17, 15) is 39.9 Å². The van der Waals surface area contributed by atoms with Gasteiger partial charge in [0.2, 0.25) is 0 Å². The van der Waals surface area contributed by atoms with E-state index in [0.717, 1.165) is 0 Å². The van der Waals surface area contributed by atoms with Crippen LogP contribution in [0.15, 0.2) is 0 Å². The Kier molecular flexibility index (Phi) is 4.02. The Labute approximate surface area is 76.8 Å². The van der Waals surface area contributed by atoms with E-state index in [4.69, 9.17) is 0 Å². The van der Waals surface area contributed by atoms with Crippen LogP contribution in [-0.4, -0.2) is 30.9 Å². The van der Waals surface area contributed by atoms with Crippen LogP contribution in [0.3, 0.4) is 0 Å². The molecule has 1 atom stereocenters. The molecular formula is C5H2F8O2. The topological polar surface area (TPSA) is 26.3 Å². The highest BCUT2D eigenvalue weighted by Crippen LogP contribution is 2.36. The van der Waals surface area contributed by atoms with Crippen LogP contribution in [-0.2, 0) is 9.53 Å². The summed E-state index contributed by atoms with van der Waals surface area (Å²) in [5.41, 5.74) is 0. The fourth-order valence-electron chi connectivity index (χ4n) is 0.513. The zero-order valence-corrected chi connectivity index (χ0v) is 6.49. The summed E-state index contributed by atoms with van der Waals surface area (Å²) in [5, 5.41) is 0. The molecule has 0 fully saturated rings. The number of carbonyl (C=O) groups is 1. The van der Waals surface area contributed by atoms with E-state index in [1.807, 2.05) is 0 Å². The molecule has 90 valence electrons. The standard InChI is InChI=1S/C5H2F8O2/c6-1(14)2(7)15-3(4(8,9)10)5(11,12)13/h2-3H. The summed E-state index contributed by atoms with van der Waals surface area (Å²) in [6.07, 6.45) is -20.4. The Morgan fingerprint density at radius 2 is 1.33 bits per heavy atom. The second kappa shape index (κ2) is 4.29. The molecule has 15 heavy (non-hydrogen) atoms. The van der Waals surface area contributed by atoms with Crippen molar-refractivity contribution in [2.24, 2.45) is 0 Å². The minimum atomic E-state index is -5.99. The fourth-order valence-corrected chi connectivity index (χ4v) is 0.513. The van der Waals surface area contributed by atoms with Crippen LogP contribution in [0.1, 0.15) is 0 Å². The van der Waals surface area contributed by atoms with Crippen LogP contribution in [0.4, 0.5) is 35.1 Å². The van der Waals surface area contributed by atoms with Crippen molar-refractivity contribution in [1.29, 1.82) is 0 Å². The number of carbonyl (C=O) groups excluding carboxylic acids is 1. The second-order valence-electron chi connectivity index (χ2n) is 2.22. The lowest BCUT2D eigenvalue weighted by atomic mass is 10.3. The highest BCUT2D eigenvalue weighted by atomic mass is 19.4. The molecule has 0 aliphatic carbocycles. The van der Waals surface area contributed by atoms with Crippen molar-refractivity contribution < 1.29 is 44.7 Å². The Hall–Kier alpha value is -0.930. The molecule has 0 bridgehead atoms. The summed E-state index contributed by atoms with van der Waals surface area (Å²) in [4.78, 5) is 9.43. The van der Waals surface area contributed by atoms with Gasteiger partial charge in [0.25, 0.3) is 12.5 Å². The van der Waals surface area contributed by atoms with Crippen LogP contribution in [0.2, 0.25) is 0 Å². The van der Waals surface area contributed by atoms with Crippen molar-refractivity contribution in [3.63, 3.8) is 0 Å². The molecule has 2 nitrogen and oxygen atoms in total. The molecule has 0 aliphatic rings. The lowest BCUT2D eigenvalue weighted by Gasteiger charge is -2.23. The third-order valence-electron chi connectivity index (χ3n) is 1.03. The number of halogens is 8. The highest BCUT2D eigenvalue weighted by Gasteiger charge is 2.59. The van der Waals surface area contributed by atoms with Crippen molar-refractivity contribution in [1.82, 2.24) is 0 Å². The first-order chi connectivity index (χ1) is 6.46. The molecule has 0 aromatic rings. The molecule has 0 aromatic heterocycles.